The number of amides is 1. The number of hydrogen-bond acceptors (Lipinski definition) is 4. The molecule has 0 aromatic carbocycles. The zero-order chi connectivity index (χ0) is 15.1. The van der Waals surface area contributed by atoms with Crippen LogP contribution in [0.3, 0.4) is 0 Å². The van der Waals surface area contributed by atoms with Gasteiger partial charge in [-0.05, 0) is 43.7 Å². The third-order valence-electron chi connectivity index (χ3n) is 3.92. The van der Waals surface area contributed by atoms with E-state index in [0.717, 1.165) is 31.7 Å². The van der Waals surface area contributed by atoms with Crippen LogP contribution in [0.1, 0.15) is 43.0 Å². The van der Waals surface area contributed by atoms with Gasteiger partial charge in [-0.2, -0.15) is 0 Å². The largest absolute Gasteiger partial charge is 0.396 e. The fraction of sp³-hybridized carbons (Fsp3) is 0.625. The summed E-state index contributed by atoms with van der Waals surface area (Å²) in [5, 5.41) is 11.9. The van der Waals surface area contributed by atoms with Crippen LogP contribution in [0.25, 0.3) is 0 Å². The normalized spacial score (nSPS) is 16.6. The van der Waals surface area contributed by atoms with E-state index in [1.165, 1.54) is 6.42 Å². The molecule has 0 saturated carbocycles. The standard InChI is InChI=1S/C16H25N3O2/c1-13(7-11-20)12-18-16(21)14-6-5-8-17-15(14)19-9-3-2-4-10-19/h5-6,8,13,20H,2-4,7,9-12H2,1H3,(H,18,21). The Morgan fingerprint density at radius 1 is 1.43 bits per heavy atom. The van der Waals surface area contributed by atoms with Crippen LogP contribution in [0.5, 0.6) is 0 Å². The van der Waals surface area contributed by atoms with Crippen LogP contribution in [0, 0.1) is 5.92 Å². The number of nitrogens with zero attached hydrogens (tertiary/aromatic N) is 2. The number of aliphatic hydroxyl groups is 1. The van der Waals surface area contributed by atoms with E-state index in [4.69, 9.17) is 5.11 Å². The lowest BCUT2D eigenvalue weighted by Gasteiger charge is -2.29. The number of anilines is 1. The van der Waals surface area contributed by atoms with Gasteiger partial charge < -0.3 is 15.3 Å². The van der Waals surface area contributed by atoms with Crippen LogP contribution >= 0.6 is 0 Å². The molecule has 1 aliphatic heterocycles. The third kappa shape index (κ3) is 4.43. The third-order valence-corrected chi connectivity index (χ3v) is 3.92. The lowest BCUT2D eigenvalue weighted by molar-refractivity contribution is 0.0945. The van der Waals surface area contributed by atoms with Gasteiger partial charge in [0, 0.05) is 32.4 Å². The molecular formula is C16H25N3O2. The zero-order valence-corrected chi connectivity index (χ0v) is 12.7. The van der Waals surface area contributed by atoms with Gasteiger partial charge in [0.15, 0.2) is 0 Å². The van der Waals surface area contributed by atoms with Crippen LogP contribution in [0.15, 0.2) is 18.3 Å². The number of carbonyl (C=O) groups excluding carboxylic acids is 1. The average molecular weight is 291 g/mol. The zero-order valence-electron chi connectivity index (χ0n) is 12.7. The molecule has 1 amide bonds. The molecule has 2 heterocycles. The van der Waals surface area contributed by atoms with Gasteiger partial charge >= 0.3 is 0 Å². The molecule has 1 aromatic rings. The van der Waals surface area contributed by atoms with Crippen LogP contribution in [0.2, 0.25) is 0 Å². The Morgan fingerprint density at radius 2 is 2.19 bits per heavy atom. The monoisotopic (exact) mass is 291 g/mol. The fourth-order valence-corrected chi connectivity index (χ4v) is 2.62. The molecule has 1 aromatic heterocycles. The SMILES string of the molecule is CC(CCO)CNC(=O)c1cccnc1N1CCCCC1. The van der Waals surface area contributed by atoms with E-state index in [0.29, 0.717) is 18.5 Å². The lowest BCUT2D eigenvalue weighted by atomic mass is 10.1. The molecule has 5 nitrogen and oxygen atoms in total. The van der Waals surface area contributed by atoms with Crippen molar-refractivity contribution in [2.24, 2.45) is 5.92 Å². The second-order valence-corrected chi connectivity index (χ2v) is 5.75. The van der Waals surface area contributed by atoms with Gasteiger partial charge in [-0.1, -0.05) is 6.92 Å². The van der Waals surface area contributed by atoms with E-state index in [2.05, 4.69) is 15.2 Å². The van der Waals surface area contributed by atoms with Gasteiger partial charge in [0.05, 0.1) is 5.56 Å². The van der Waals surface area contributed by atoms with E-state index >= 15 is 0 Å². The first-order chi connectivity index (χ1) is 10.2. The van der Waals surface area contributed by atoms with Crippen molar-refractivity contribution in [3.63, 3.8) is 0 Å². The maximum Gasteiger partial charge on any atom is 0.255 e. The summed E-state index contributed by atoms with van der Waals surface area (Å²) in [4.78, 5) is 19.0. The van der Waals surface area contributed by atoms with Crippen LogP contribution in [-0.4, -0.2) is 42.2 Å². The van der Waals surface area contributed by atoms with Crippen molar-refractivity contribution in [2.75, 3.05) is 31.1 Å². The number of pyridine rings is 1. The molecule has 0 spiro atoms. The van der Waals surface area contributed by atoms with Crippen LogP contribution < -0.4 is 10.2 Å². The van der Waals surface area contributed by atoms with E-state index in [9.17, 15) is 4.79 Å². The van der Waals surface area contributed by atoms with Crippen molar-refractivity contribution >= 4 is 11.7 Å². The summed E-state index contributed by atoms with van der Waals surface area (Å²) in [6, 6.07) is 3.64. The molecule has 2 N–H and O–H groups in total. The first kappa shape index (κ1) is 15.8. The molecule has 0 bridgehead atoms. The van der Waals surface area contributed by atoms with Crippen molar-refractivity contribution in [1.29, 1.82) is 0 Å². The van der Waals surface area contributed by atoms with E-state index in [1.54, 1.807) is 12.3 Å². The van der Waals surface area contributed by atoms with Crippen LogP contribution in [0.4, 0.5) is 5.82 Å². The molecule has 1 fully saturated rings. The van der Waals surface area contributed by atoms with Gasteiger partial charge in [-0.25, -0.2) is 4.98 Å². The average Bonchev–Trinajstić information content (AvgIpc) is 2.54. The first-order valence-corrected chi connectivity index (χ1v) is 7.81. The highest BCUT2D eigenvalue weighted by atomic mass is 16.3. The minimum atomic E-state index is -0.0755. The van der Waals surface area contributed by atoms with Crippen molar-refractivity contribution in [3.8, 4) is 0 Å². The summed E-state index contributed by atoms with van der Waals surface area (Å²) in [7, 11) is 0. The predicted octanol–water partition coefficient (Wildman–Crippen LogP) is 1.82. The first-order valence-electron chi connectivity index (χ1n) is 7.81. The Morgan fingerprint density at radius 3 is 2.90 bits per heavy atom. The number of aromatic nitrogens is 1. The second-order valence-electron chi connectivity index (χ2n) is 5.75. The predicted molar refractivity (Wildman–Crippen MR) is 83.5 cm³/mol. The van der Waals surface area contributed by atoms with Crippen molar-refractivity contribution in [2.45, 2.75) is 32.6 Å². The van der Waals surface area contributed by atoms with E-state index < -0.39 is 0 Å². The maximum atomic E-state index is 12.4. The van der Waals surface area contributed by atoms with Crippen molar-refractivity contribution in [3.05, 3.63) is 23.9 Å². The number of carbonyl (C=O) groups is 1. The summed E-state index contributed by atoms with van der Waals surface area (Å²) >= 11 is 0. The quantitative estimate of drug-likeness (QED) is 0.839. The summed E-state index contributed by atoms with van der Waals surface area (Å²) in [5.74, 6) is 0.993. The highest BCUT2D eigenvalue weighted by Gasteiger charge is 2.19. The fourth-order valence-electron chi connectivity index (χ4n) is 2.62. The molecule has 1 atom stereocenters. The Kier molecular flexibility index (Phi) is 5.99. The van der Waals surface area contributed by atoms with Crippen molar-refractivity contribution < 1.29 is 9.90 Å². The van der Waals surface area contributed by atoms with Gasteiger partial charge in [0.2, 0.25) is 0 Å². The summed E-state index contributed by atoms with van der Waals surface area (Å²) in [6.45, 7) is 4.69. The Bertz CT molecular complexity index is 459. The van der Waals surface area contributed by atoms with Gasteiger partial charge in [-0.3, -0.25) is 4.79 Å². The molecule has 0 aliphatic carbocycles. The minimum absolute atomic E-state index is 0.0755. The number of hydrogen-bond donors (Lipinski definition) is 2. The number of nitrogens with one attached hydrogen (secondary N) is 1. The molecule has 1 saturated heterocycles. The second kappa shape index (κ2) is 7.98. The van der Waals surface area contributed by atoms with E-state index in [1.807, 2.05) is 13.0 Å². The van der Waals surface area contributed by atoms with Crippen molar-refractivity contribution in [1.82, 2.24) is 10.3 Å². The number of piperidine rings is 1. The molecule has 5 heteroatoms. The molecular weight excluding hydrogens is 266 g/mol. The topological polar surface area (TPSA) is 65.5 Å². The highest BCUT2D eigenvalue weighted by molar-refractivity contribution is 5.98. The van der Waals surface area contributed by atoms with Gasteiger partial charge in [-0.15, -0.1) is 0 Å². The summed E-state index contributed by atoms with van der Waals surface area (Å²) in [5.41, 5.74) is 0.649. The molecule has 1 unspecified atom stereocenters. The van der Waals surface area contributed by atoms with Gasteiger partial charge in [0.25, 0.3) is 5.91 Å². The van der Waals surface area contributed by atoms with Gasteiger partial charge in [0.1, 0.15) is 5.82 Å². The minimum Gasteiger partial charge on any atom is -0.396 e. The summed E-state index contributed by atoms with van der Waals surface area (Å²) < 4.78 is 0. The molecule has 21 heavy (non-hydrogen) atoms. The Hall–Kier alpha value is -1.62. The highest BCUT2D eigenvalue weighted by Crippen LogP contribution is 2.21. The summed E-state index contributed by atoms with van der Waals surface area (Å²) in [6.07, 6.45) is 6.02. The molecule has 0 radical (unpaired) electrons. The number of rotatable bonds is 6. The number of aliphatic hydroxyl groups excluding tert-OH is 1. The lowest BCUT2D eigenvalue weighted by Crippen LogP contribution is -2.34. The smallest absolute Gasteiger partial charge is 0.255 e. The van der Waals surface area contributed by atoms with Crippen LogP contribution in [-0.2, 0) is 0 Å². The Labute approximate surface area is 126 Å². The molecule has 116 valence electrons. The molecule has 1 aliphatic rings. The molecule has 2 rings (SSSR count). The Balaban J connectivity index is 2.03. The maximum absolute atomic E-state index is 12.4. The van der Waals surface area contributed by atoms with E-state index in [-0.39, 0.29) is 18.4 Å².